The second kappa shape index (κ2) is 5.87. The quantitative estimate of drug-likeness (QED) is 0.861. The number of hydrogen-bond acceptors (Lipinski definition) is 3. The van der Waals surface area contributed by atoms with Crippen LogP contribution in [0.15, 0.2) is 54.7 Å². The van der Waals surface area contributed by atoms with Crippen molar-refractivity contribution in [3.8, 4) is 0 Å². The molecule has 2 aromatic rings. The first-order chi connectivity index (χ1) is 8.75. The van der Waals surface area contributed by atoms with Gasteiger partial charge in [0, 0.05) is 18.4 Å². The summed E-state index contributed by atoms with van der Waals surface area (Å²) in [7, 11) is 0. The minimum absolute atomic E-state index is 0.648. The number of rotatable bonds is 4. The Morgan fingerprint density at radius 2 is 1.94 bits per heavy atom. The predicted octanol–water partition coefficient (Wildman–Crippen LogP) is 2.44. The summed E-state index contributed by atoms with van der Waals surface area (Å²) in [5.41, 5.74) is 9.60. The lowest BCUT2D eigenvalue weighted by atomic mass is 10.2. The highest BCUT2D eigenvalue weighted by molar-refractivity contribution is 5.58. The number of aromatic nitrogens is 1. The first-order valence-corrected chi connectivity index (χ1v) is 5.93. The molecule has 0 aliphatic heterocycles. The monoisotopic (exact) mass is 239 g/mol. The zero-order chi connectivity index (χ0) is 12.8. The topological polar surface area (TPSA) is 50.9 Å². The van der Waals surface area contributed by atoms with Crippen molar-refractivity contribution in [3.05, 3.63) is 71.7 Å². The van der Waals surface area contributed by atoms with Gasteiger partial charge in [0.1, 0.15) is 0 Å². The maximum Gasteiger partial charge on any atom is 0.0876 e. The number of hydrogen-bond donors (Lipinski definition) is 2. The van der Waals surface area contributed by atoms with Crippen molar-refractivity contribution in [1.82, 2.24) is 10.3 Å². The molecule has 1 aromatic carbocycles. The maximum atomic E-state index is 5.96. The molecule has 92 valence electrons. The third-order valence-electron chi connectivity index (χ3n) is 2.59. The highest BCUT2D eigenvalue weighted by atomic mass is 14.9. The Morgan fingerprint density at radius 3 is 2.67 bits per heavy atom. The van der Waals surface area contributed by atoms with Gasteiger partial charge in [-0.15, -0.1) is 0 Å². The van der Waals surface area contributed by atoms with E-state index in [1.165, 1.54) is 5.56 Å². The Morgan fingerprint density at radius 1 is 1.17 bits per heavy atom. The zero-order valence-corrected chi connectivity index (χ0v) is 10.4. The highest BCUT2D eigenvalue weighted by Crippen LogP contribution is 2.05. The molecule has 0 atom stereocenters. The molecule has 0 bridgehead atoms. The number of benzene rings is 1. The first kappa shape index (κ1) is 12.2. The molecular formula is C15H17N3. The van der Waals surface area contributed by atoms with Crippen molar-refractivity contribution in [2.75, 3.05) is 0 Å². The molecule has 1 aromatic heterocycles. The Bertz CT molecular complexity index is 532. The van der Waals surface area contributed by atoms with Gasteiger partial charge in [-0.25, -0.2) is 0 Å². The lowest BCUT2D eigenvalue weighted by Gasteiger charge is -2.04. The number of nitrogens with zero attached hydrogens (tertiary/aromatic N) is 1. The molecule has 0 saturated heterocycles. The highest BCUT2D eigenvalue weighted by Gasteiger charge is 1.97. The second-order valence-corrected chi connectivity index (χ2v) is 4.13. The van der Waals surface area contributed by atoms with E-state index in [1.807, 2.05) is 43.3 Å². The Hall–Kier alpha value is -2.29. The van der Waals surface area contributed by atoms with E-state index >= 15 is 0 Å². The van der Waals surface area contributed by atoms with Crippen molar-refractivity contribution in [3.63, 3.8) is 0 Å². The van der Waals surface area contributed by atoms with E-state index in [9.17, 15) is 0 Å². The standard InChI is InChI=1S/C15H17N3/c1-12-6-5-9-15(18-12)14(16)11-17-10-13-7-3-2-4-8-13/h2-9,11,17H,10,16H2,1H3/b14-11-. The van der Waals surface area contributed by atoms with Crippen LogP contribution in [0.1, 0.15) is 17.0 Å². The Kier molecular flexibility index (Phi) is 3.97. The minimum atomic E-state index is 0.648. The summed E-state index contributed by atoms with van der Waals surface area (Å²) in [5.74, 6) is 0. The molecule has 0 unspecified atom stereocenters. The average Bonchev–Trinajstić information content (AvgIpc) is 2.40. The molecule has 0 aliphatic rings. The number of aryl methyl sites for hydroxylation is 1. The molecule has 18 heavy (non-hydrogen) atoms. The van der Waals surface area contributed by atoms with Crippen molar-refractivity contribution in [2.24, 2.45) is 5.73 Å². The van der Waals surface area contributed by atoms with E-state index < -0.39 is 0 Å². The number of nitrogens with one attached hydrogen (secondary N) is 1. The molecule has 0 saturated carbocycles. The van der Waals surface area contributed by atoms with Gasteiger partial charge < -0.3 is 11.1 Å². The number of nitrogens with two attached hydrogens (primary N) is 1. The van der Waals surface area contributed by atoms with Crippen LogP contribution >= 0.6 is 0 Å². The molecule has 0 fully saturated rings. The molecule has 0 aliphatic carbocycles. The van der Waals surface area contributed by atoms with Crippen LogP contribution in [0.25, 0.3) is 5.70 Å². The first-order valence-electron chi connectivity index (χ1n) is 5.93. The van der Waals surface area contributed by atoms with Crippen LogP contribution in [-0.2, 0) is 6.54 Å². The normalized spacial score (nSPS) is 11.3. The maximum absolute atomic E-state index is 5.96. The summed E-state index contributed by atoms with van der Waals surface area (Å²) in [6.07, 6.45) is 1.80. The van der Waals surface area contributed by atoms with E-state index in [0.29, 0.717) is 5.70 Å². The molecule has 3 heteroatoms. The van der Waals surface area contributed by atoms with Crippen molar-refractivity contribution >= 4 is 5.70 Å². The Balaban J connectivity index is 1.97. The fourth-order valence-electron chi connectivity index (χ4n) is 1.65. The number of pyridine rings is 1. The smallest absolute Gasteiger partial charge is 0.0876 e. The van der Waals surface area contributed by atoms with E-state index in [2.05, 4.69) is 22.4 Å². The van der Waals surface area contributed by atoms with Crippen LogP contribution in [0.5, 0.6) is 0 Å². The van der Waals surface area contributed by atoms with E-state index in [-0.39, 0.29) is 0 Å². The SMILES string of the molecule is Cc1cccc(/C(N)=C/NCc2ccccc2)n1. The predicted molar refractivity (Wildman–Crippen MR) is 74.4 cm³/mol. The molecule has 3 nitrogen and oxygen atoms in total. The summed E-state index contributed by atoms with van der Waals surface area (Å²) >= 11 is 0. The van der Waals surface area contributed by atoms with Gasteiger partial charge in [0.25, 0.3) is 0 Å². The van der Waals surface area contributed by atoms with Gasteiger partial charge in [-0.2, -0.15) is 0 Å². The van der Waals surface area contributed by atoms with Gasteiger partial charge >= 0.3 is 0 Å². The molecular weight excluding hydrogens is 222 g/mol. The summed E-state index contributed by atoms with van der Waals surface area (Å²) < 4.78 is 0. The van der Waals surface area contributed by atoms with E-state index in [4.69, 9.17) is 5.73 Å². The van der Waals surface area contributed by atoms with Crippen molar-refractivity contribution < 1.29 is 0 Å². The second-order valence-electron chi connectivity index (χ2n) is 4.13. The van der Waals surface area contributed by atoms with Gasteiger partial charge in [-0.1, -0.05) is 36.4 Å². The zero-order valence-electron chi connectivity index (χ0n) is 10.4. The van der Waals surface area contributed by atoms with Crippen LogP contribution in [0.4, 0.5) is 0 Å². The lowest BCUT2D eigenvalue weighted by molar-refractivity contribution is 0.869. The summed E-state index contributed by atoms with van der Waals surface area (Å²) in [6, 6.07) is 16.0. The van der Waals surface area contributed by atoms with Gasteiger partial charge in [-0.3, -0.25) is 4.98 Å². The van der Waals surface area contributed by atoms with Crippen LogP contribution in [0.3, 0.4) is 0 Å². The summed E-state index contributed by atoms with van der Waals surface area (Å²) in [6.45, 7) is 2.71. The van der Waals surface area contributed by atoms with Gasteiger partial charge in [-0.05, 0) is 24.6 Å². The molecule has 0 spiro atoms. The van der Waals surface area contributed by atoms with Gasteiger partial charge in [0.15, 0.2) is 0 Å². The summed E-state index contributed by atoms with van der Waals surface area (Å²) in [5, 5.41) is 3.19. The lowest BCUT2D eigenvalue weighted by Crippen LogP contribution is -2.09. The minimum Gasteiger partial charge on any atom is -0.396 e. The van der Waals surface area contributed by atoms with Gasteiger partial charge in [0.2, 0.25) is 0 Å². The molecule has 0 amide bonds. The molecule has 1 heterocycles. The van der Waals surface area contributed by atoms with E-state index in [1.54, 1.807) is 6.20 Å². The average molecular weight is 239 g/mol. The fraction of sp³-hybridized carbons (Fsp3) is 0.133. The van der Waals surface area contributed by atoms with Crippen LogP contribution < -0.4 is 11.1 Å². The molecule has 0 radical (unpaired) electrons. The van der Waals surface area contributed by atoms with Crippen molar-refractivity contribution in [1.29, 1.82) is 0 Å². The van der Waals surface area contributed by atoms with Crippen LogP contribution in [0.2, 0.25) is 0 Å². The van der Waals surface area contributed by atoms with Crippen molar-refractivity contribution in [2.45, 2.75) is 13.5 Å². The third-order valence-corrected chi connectivity index (χ3v) is 2.59. The molecule has 3 N–H and O–H groups in total. The Labute approximate surface area is 107 Å². The van der Waals surface area contributed by atoms with Crippen LogP contribution in [-0.4, -0.2) is 4.98 Å². The van der Waals surface area contributed by atoms with Gasteiger partial charge in [0.05, 0.1) is 11.4 Å². The summed E-state index contributed by atoms with van der Waals surface area (Å²) in [4.78, 5) is 4.37. The van der Waals surface area contributed by atoms with E-state index in [0.717, 1.165) is 17.9 Å². The molecule has 2 rings (SSSR count). The third kappa shape index (κ3) is 3.35. The van der Waals surface area contributed by atoms with Crippen LogP contribution in [0, 0.1) is 6.92 Å². The largest absolute Gasteiger partial charge is 0.396 e. The fourth-order valence-corrected chi connectivity index (χ4v) is 1.65.